The number of para-hydroxylation sites is 2. The molecule has 0 bridgehead atoms. The van der Waals surface area contributed by atoms with Gasteiger partial charge >= 0.3 is 0 Å². The maximum atomic E-state index is 4.63. The van der Waals surface area contributed by atoms with Crippen LogP contribution in [0.15, 0.2) is 24.3 Å². The van der Waals surface area contributed by atoms with Gasteiger partial charge in [0.1, 0.15) is 5.82 Å². The van der Waals surface area contributed by atoms with Crippen molar-refractivity contribution in [1.82, 2.24) is 19.8 Å². The summed E-state index contributed by atoms with van der Waals surface area (Å²) in [6.45, 7) is 5.21. The Hall–Kier alpha value is -1.83. The molecule has 104 valence electrons. The number of benzene rings is 1. The van der Waals surface area contributed by atoms with Crippen molar-refractivity contribution < 1.29 is 0 Å². The second kappa shape index (κ2) is 6.08. The Kier molecular flexibility index (Phi) is 4.00. The van der Waals surface area contributed by atoms with Crippen LogP contribution in [-0.2, 0) is 13.5 Å². The molecule has 4 heteroatoms. The van der Waals surface area contributed by atoms with E-state index < -0.39 is 0 Å². The normalized spacial score (nSPS) is 16.1. The number of rotatable bonds is 2. The van der Waals surface area contributed by atoms with Gasteiger partial charge < -0.3 is 9.88 Å². The molecule has 0 saturated carbocycles. The van der Waals surface area contributed by atoms with E-state index in [1.54, 1.807) is 0 Å². The highest BCUT2D eigenvalue weighted by Gasteiger charge is 2.07. The highest BCUT2D eigenvalue weighted by atomic mass is 15.2. The summed E-state index contributed by atoms with van der Waals surface area (Å²) in [5.74, 6) is 7.57. The average Bonchev–Trinajstić information content (AvgIpc) is 2.82. The van der Waals surface area contributed by atoms with E-state index >= 15 is 0 Å². The Morgan fingerprint density at radius 2 is 2.00 bits per heavy atom. The van der Waals surface area contributed by atoms with Gasteiger partial charge in [0.05, 0.1) is 24.0 Å². The Balaban J connectivity index is 1.63. The van der Waals surface area contributed by atoms with E-state index in [-0.39, 0.29) is 0 Å². The maximum Gasteiger partial charge on any atom is 0.121 e. The van der Waals surface area contributed by atoms with Gasteiger partial charge in [0.25, 0.3) is 0 Å². The molecule has 1 fully saturated rings. The van der Waals surface area contributed by atoms with Gasteiger partial charge in [-0.1, -0.05) is 24.0 Å². The molecule has 1 aromatic carbocycles. The van der Waals surface area contributed by atoms with E-state index in [0.29, 0.717) is 0 Å². The summed E-state index contributed by atoms with van der Waals surface area (Å²) in [7, 11) is 2.06. The van der Waals surface area contributed by atoms with Crippen LogP contribution in [0.3, 0.4) is 0 Å². The minimum atomic E-state index is 0.720. The summed E-state index contributed by atoms with van der Waals surface area (Å²) in [5, 5.41) is 3.35. The first-order valence-electron chi connectivity index (χ1n) is 7.14. The van der Waals surface area contributed by atoms with Crippen LogP contribution in [0.25, 0.3) is 11.0 Å². The molecule has 0 aliphatic carbocycles. The lowest BCUT2D eigenvalue weighted by molar-refractivity contribution is 0.268. The summed E-state index contributed by atoms with van der Waals surface area (Å²) in [5.41, 5.74) is 2.22. The third-order valence-corrected chi connectivity index (χ3v) is 3.76. The predicted octanol–water partition coefficient (Wildman–Crippen LogP) is 1.02. The monoisotopic (exact) mass is 268 g/mol. The van der Waals surface area contributed by atoms with Crippen LogP contribution in [0.5, 0.6) is 0 Å². The molecule has 1 aromatic heterocycles. The van der Waals surface area contributed by atoms with Gasteiger partial charge in [0.15, 0.2) is 0 Å². The van der Waals surface area contributed by atoms with Crippen molar-refractivity contribution in [3.05, 3.63) is 30.1 Å². The van der Waals surface area contributed by atoms with Gasteiger partial charge in [0.2, 0.25) is 0 Å². The molecule has 0 radical (unpaired) electrons. The van der Waals surface area contributed by atoms with Crippen molar-refractivity contribution in [1.29, 1.82) is 0 Å². The summed E-state index contributed by atoms with van der Waals surface area (Å²) in [6, 6.07) is 8.21. The zero-order valence-electron chi connectivity index (χ0n) is 11.9. The van der Waals surface area contributed by atoms with Crippen molar-refractivity contribution in [3.8, 4) is 11.8 Å². The van der Waals surface area contributed by atoms with Gasteiger partial charge in [-0.15, -0.1) is 0 Å². The van der Waals surface area contributed by atoms with Crippen molar-refractivity contribution in [3.63, 3.8) is 0 Å². The van der Waals surface area contributed by atoms with Crippen LogP contribution in [0.4, 0.5) is 0 Å². The Labute approximate surface area is 119 Å². The van der Waals surface area contributed by atoms with Crippen LogP contribution < -0.4 is 5.32 Å². The molecule has 1 aliphatic rings. The highest BCUT2D eigenvalue weighted by Crippen LogP contribution is 2.14. The van der Waals surface area contributed by atoms with Crippen molar-refractivity contribution in [2.75, 3.05) is 32.7 Å². The largest absolute Gasteiger partial charge is 0.330 e. The van der Waals surface area contributed by atoms with E-state index in [4.69, 9.17) is 0 Å². The fourth-order valence-corrected chi connectivity index (χ4v) is 2.53. The minimum absolute atomic E-state index is 0.720. The average molecular weight is 268 g/mol. The number of aromatic nitrogens is 2. The lowest BCUT2D eigenvalue weighted by Crippen LogP contribution is -2.43. The topological polar surface area (TPSA) is 33.1 Å². The fourth-order valence-electron chi connectivity index (χ4n) is 2.53. The molecule has 0 amide bonds. The number of nitrogens with zero attached hydrogens (tertiary/aromatic N) is 3. The van der Waals surface area contributed by atoms with Gasteiger partial charge in [-0.2, -0.15) is 0 Å². The van der Waals surface area contributed by atoms with Crippen molar-refractivity contribution in [2.45, 2.75) is 6.42 Å². The van der Waals surface area contributed by atoms with Gasteiger partial charge in [-0.3, -0.25) is 4.90 Å². The summed E-state index contributed by atoms with van der Waals surface area (Å²) in [4.78, 5) is 7.02. The molecule has 20 heavy (non-hydrogen) atoms. The number of hydrogen-bond donors (Lipinski definition) is 1. The molecule has 2 heterocycles. The summed E-state index contributed by atoms with van der Waals surface area (Å²) >= 11 is 0. The van der Waals surface area contributed by atoms with Crippen LogP contribution in [-0.4, -0.2) is 47.2 Å². The number of fused-ring (bicyclic) bond motifs is 1. The van der Waals surface area contributed by atoms with E-state index in [0.717, 1.165) is 50.5 Å². The van der Waals surface area contributed by atoms with Crippen molar-refractivity contribution in [2.24, 2.45) is 7.05 Å². The molecule has 1 N–H and O–H groups in total. The molecule has 0 spiro atoms. The highest BCUT2D eigenvalue weighted by molar-refractivity contribution is 5.75. The number of nitrogens with one attached hydrogen (secondary N) is 1. The molecule has 3 rings (SSSR count). The number of hydrogen-bond acceptors (Lipinski definition) is 3. The lowest BCUT2D eigenvalue weighted by Gasteiger charge is -2.24. The van der Waals surface area contributed by atoms with Crippen molar-refractivity contribution >= 4 is 11.0 Å². The fraction of sp³-hybridized carbons (Fsp3) is 0.438. The maximum absolute atomic E-state index is 4.63. The first-order chi connectivity index (χ1) is 9.84. The third-order valence-electron chi connectivity index (χ3n) is 3.76. The second-order valence-corrected chi connectivity index (χ2v) is 5.13. The molecule has 2 aromatic rings. The molecule has 0 atom stereocenters. The first kappa shape index (κ1) is 13.2. The number of piperazine rings is 1. The third kappa shape index (κ3) is 2.84. The number of aryl methyl sites for hydroxylation is 1. The van der Waals surface area contributed by atoms with E-state index in [1.165, 1.54) is 5.52 Å². The smallest absolute Gasteiger partial charge is 0.121 e. The molecular weight excluding hydrogens is 248 g/mol. The number of imidazole rings is 1. The molecule has 0 unspecified atom stereocenters. The predicted molar refractivity (Wildman–Crippen MR) is 81.5 cm³/mol. The second-order valence-electron chi connectivity index (χ2n) is 5.13. The SMILES string of the molecule is Cn1c(CC#CCN2CCNCC2)nc2ccccc21. The van der Waals surface area contributed by atoms with Crippen LogP contribution in [0, 0.1) is 11.8 Å². The van der Waals surface area contributed by atoms with Crippen LogP contribution in [0.2, 0.25) is 0 Å². The van der Waals surface area contributed by atoms with Gasteiger partial charge in [-0.25, -0.2) is 4.98 Å². The van der Waals surface area contributed by atoms with Crippen LogP contribution >= 0.6 is 0 Å². The quantitative estimate of drug-likeness (QED) is 0.826. The standard InChI is InChI=1S/C16H20N4/c1-19-15-7-3-2-6-14(15)18-16(19)8-4-5-11-20-12-9-17-10-13-20/h2-3,6-7,17H,8-13H2,1H3. The van der Waals surface area contributed by atoms with Gasteiger partial charge in [-0.05, 0) is 12.1 Å². The zero-order chi connectivity index (χ0) is 13.8. The Morgan fingerprint density at radius 3 is 2.80 bits per heavy atom. The molecule has 4 nitrogen and oxygen atoms in total. The molecular formula is C16H20N4. The Morgan fingerprint density at radius 1 is 1.20 bits per heavy atom. The molecule has 1 aliphatic heterocycles. The summed E-state index contributed by atoms with van der Waals surface area (Å²) < 4.78 is 2.13. The zero-order valence-corrected chi connectivity index (χ0v) is 11.9. The van der Waals surface area contributed by atoms with E-state index in [2.05, 4.69) is 44.7 Å². The van der Waals surface area contributed by atoms with Gasteiger partial charge in [0, 0.05) is 33.2 Å². The van der Waals surface area contributed by atoms with Crippen LogP contribution in [0.1, 0.15) is 5.82 Å². The summed E-state index contributed by atoms with van der Waals surface area (Å²) in [6.07, 6.45) is 0.720. The lowest BCUT2D eigenvalue weighted by atomic mass is 10.3. The minimum Gasteiger partial charge on any atom is -0.330 e. The molecule has 1 saturated heterocycles. The first-order valence-corrected chi connectivity index (χ1v) is 7.14. The Bertz CT molecular complexity index is 641. The van der Waals surface area contributed by atoms with E-state index in [9.17, 15) is 0 Å². The van der Waals surface area contributed by atoms with E-state index in [1.807, 2.05) is 18.2 Å².